The molecule has 0 aliphatic carbocycles. The summed E-state index contributed by atoms with van der Waals surface area (Å²) in [6.45, 7) is 2.67. The van der Waals surface area contributed by atoms with Gasteiger partial charge in [0.2, 0.25) is 17.8 Å². The Morgan fingerprint density at radius 3 is 2.21 bits per heavy atom. The molecule has 0 atom stereocenters. The van der Waals surface area contributed by atoms with E-state index in [1.807, 2.05) is 17.0 Å². The molecule has 0 saturated carbocycles. The van der Waals surface area contributed by atoms with E-state index in [1.54, 1.807) is 54.9 Å². The molecule has 2 aromatic carbocycles. The summed E-state index contributed by atoms with van der Waals surface area (Å²) in [7, 11) is 0. The Labute approximate surface area is 208 Å². The van der Waals surface area contributed by atoms with Crippen LogP contribution in [0.1, 0.15) is 11.1 Å². The fourth-order valence-corrected chi connectivity index (χ4v) is 4.14. The van der Waals surface area contributed by atoms with Crippen molar-refractivity contribution in [1.82, 2.24) is 14.9 Å². The minimum atomic E-state index is -0.305. The average Bonchev–Trinajstić information content (AvgIpc) is 2.85. The van der Waals surface area contributed by atoms with Gasteiger partial charge < -0.3 is 15.1 Å². The van der Waals surface area contributed by atoms with Crippen LogP contribution in [0, 0.1) is 0 Å². The van der Waals surface area contributed by atoms with Crippen LogP contribution in [-0.2, 0) is 16.0 Å². The van der Waals surface area contributed by atoms with Crippen molar-refractivity contribution in [3.05, 3.63) is 88.2 Å². The van der Waals surface area contributed by atoms with Gasteiger partial charge >= 0.3 is 0 Å². The largest absolute Gasteiger partial charge is 0.339 e. The first-order chi connectivity index (χ1) is 16.5. The second-order valence-corrected chi connectivity index (χ2v) is 8.56. The minimum Gasteiger partial charge on any atom is -0.339 e. The van der Waals surface area contributed by atoms with Crippen LogP contribution in [0.15, 0.2) is 67.0 Å². The van der Waals surface area contributed by atoms with Gasteiger partial charge in [0, 0.05) is 65.9 Å². The quantitative estimate of drug-likeness (QED) is 0.515. The summed E-state index contributed by atoms with van der Waals surface area (Å²) in [5.41, 5.74) is 2.11. The van der Waals surface area contributed by atoms with E-state index in [9.17, 15) is 9.59 Å². The number of hydrogen-bond acceptors (Lipinski definition) is 5. The van der Waals surface area contributed by atoms with Gasteiger partial charge in [-0.1, -0.05) is 41.4 Å². The van der Waals surface area contributed by atoms with Crippen molar-refractivity contribution in [3.8, 4) is 0 Å². The first-order valence-corrected chi connectivity index (χ1v) is 11.6. The van der Waals surface area contributed by atoms with Gasteiger partial charge in [0.25, 0.3) is 0 Å². The third-order valence-corrected chi connectivity index (χ3v) is 6.10. The van der Waals surface area contributed by atoms with Gasteiger partial charge in [-0.3, -0.25) is 9.59 Å². The smallest absolute Gasteiger partial charge is 0.248 e. The molecule has 1 aromatic heterocycles. The van der Waals surface area contributed by atoms with Gasteiger partial charge in [-0.25, -0.2) is 9.97 Å². The van der Waals surface area contributed by atoms with Crippen LogP contribution >= 0.6 is 23.2 Å². The summed E-state index contributed by atoms with van der Waals surface area (Å²) in [4.78, 5) is 37.5. The predicted molar refractivity (Wildman–Crippen MR) is 135 cm³/mol. The first kappa shape index (κ1) is 23.7. The lowest BCUT2D eigenvalue weighted by Gasteiger charge is -2.34. The second kappa shape index (κ2) is 11.1. The van der Waals surface area contributed by atoms with E-state index in [2.05, 4.69) is 20.2 Å². The molecule has 2 heterocycles. The van der Waals surface area contributed by atoms with Crippen molar-refractivity contribution < 1.29 is 9.59 Å². The predicted octanol–water partition coefficient (Wildman–Crippen LogP) is 4.33. The van der Waals surface area contributed by atoms with E-state index in [-0.39, 0.29) is 11.8 Å². The normalized spacial score (nSPS) is 13.8. The SMILES string of the molecule is O=C(C=Cc1c(Cl)cccc1Cl)Nc1ccc(CC(=O)N2CCN(c3ncccn3)CC2)cc1. The van der Waals surface area contributed by atoms with Gasteiger partial charge in [-0.05, 0) is 42.0 Å². The lowest BCUT2D eigenvalue weighted by atomic mass is 10.1. The lowest BCUT2D eigenvalue weighted by Crippen LogP contribution is -2.49. The molecule has 3 aromatic rings. The molecule has 1 aliphatic heterocycles. The molecule has 0 spiro atoms. The van der Waals surface area contributed by atoms with Crippen LogP contribution in [-0.4, -0.2) is 52.9 Å². The van der Waals surface area contributed by atoms with Crippen molar-refractivity contribution in [3.63, 3.8) is 0 Å². The molecule has 7 nitrogen and oxygen atoms in total. The summed E-state index contributed by atoms with van der Waals surface area (Å²) >= 11 is 12.2. The molecular weight excluding hydrogens is 473 g/mol. The van der Waals surface area contributed by atoms with Crippen LogP contribution in [0.3, 0.4) is 0 Å². The van der Waals surface area contributed by atoms with Crippen LogP contribution in [0.25, 0.3) is 6.08 Å². The molecule has 9 heteroatoms. The van der Waals surface area contributed by atoms with Crippen molar-refractivity contribution in [1.29, 1.82) is 0 Å². The Balaban J connectivity index is 1.27. The Hall–Kier alpha value is -3.42. The van der Waals surface area contributed by atoms with Gasteiger partial charge in [0.1, 0.15) is 0 Å². The fourth-order valence-electron chi connectivity index (χ4n) is 3.62. The summed E-state index contributed by atoms with van der Waals surface area (Å²) in [6.07, 6.45) is 6.70. The molecular formula is C25H23Cl2N5O2. The number of rotatable bonds is 6. The number of anilines is 2. The third-order valence-electron chi connectivity index (χ3n) is 5.45. The molecule has 4 rings (SSSR count). The molecule has 0 bridgehead atoms. The zero-order valence-corrected chi connectivity index (χ0v) is 19.8. The van der Waals surface area contributed by atoms with Crippen molar-refractivity contribution >= 4 is 52.7 Å². The molecule has 0 unspecified atom stereocenters. The van der Waals surface area contributed by atoms with Crippen molar-refractivity contribution in [2.45, 2.75) is 6.42 Å². The highest BCUT2D eigenvalue weighted by atomic mass is 35.5. The summed E-state index contributed by atoms with van der Waals surface area (Å²) < 4.78 is 0. The fraction of sp³-hybridized carbons (Fsp3) is 0.200. The molecule has 1 aliphatic rings. The number of benzene rings is 2. The zero-order chi connectivity index (χ0) is 23.9. The summed E-state index contributed by atoms with van der Waals surface area (Å²) in [5.74, 6) is 0.460. The van der Waals surface area contributed by atoms with Crippen LogP contribution in [0.2, 0.25) is 10.0 Å². The monoisotopic (exact) mass is 495 g/mol. The first-order valence-electron chi connectivity index (χ1n) is 10.8. The molecule has 1 saturated heterocycles. The van der Waals surface area contributed by atoms with Crippen LogP contribution < -0.4 is 10.2 Å². The van der Waals surface area contributed by atoms with Crippen LogP contribution in [0.5, 0.6) is 0 Å². The van der Waals surface area contributed by atoms with Crippen molar-refractivity contribution in [2.24, 2.45) is 0 Å². The van der Waals surface area contributed by atoms with E-state index in [0.29, 0.717) is 59.8 Å². The Morgan fingerprint density at radius 2 is 1.56 bits per heavy atom. The van der Waals surface area contributed by atoms with E-state index in [1.165, 1.54) is 6.08 Å². The summed E-state index contributed by atoms with van der Waals surface area (Å²) in [5, 5.41) is 3.74. The molecule has 174 valence electrons. The van der Waals surface area contributed by atoms with Crippen LogP contribution in [0.4, 0.5) is 11.6 Å². The standard InChI is InChI=1S/C25H23Cl2N5O2/c26-21-3-1-4-22(27)20(21)9-10-23(33)30-19-7-5-18(6-8-19)17-24(34)31-13-15-32(16-14-31)25-28-11-2-12-29-25/h1-12H,13-17H2,(H,30,33). The van der Waals surface area contributed by atoms with Gasteiger partial charge in [0.05, 0.1) is 6.42 Å². The zero-order valence-electron chi connectivity index (χ0n) is 18.3. The second-order valence-electron chi connectivity index (χ2n) is 7.75. The molecule has 1 N–H and O–H groups in total. The number of aromatic nitrogens is 2. The Morgan fingerprint density at radius 1 is 0.912 bits per heavy atom. The maximum absolute atomic E-state index is 12.7. The maximum atomic E-state index is 12.7. The van der Waals surface area contributed by atoms with Gasteiger partial charge in [-0.15, -0.1) is 0 Å². The number of nitrogens with one attached hydrogen (secondary N) is 1. The van der Waals surface area contributed by atoms with E-state index in [4.69, 9.17) is 23.2 Å². The van der Waals surface area contributed by atoms with E-state index < -0.39 is 0 Å². The number of carbonyl (C=O) groups excluding carboxylic acids is 2. The Kier molecular flexibility index (Phi) is 7.77. The molecule has 2 amide bonds. The van der Waals surface area contributed by atoms with Gasteiger partial charge in [-0.2, -0.15) is 0 Å². The van der Waals surface area contributed by atoms with E-state index in [0.717, 1.165) is 5.56 Å². The highest BCUT2D eigenvalue weighted by molar-refractivity contribution is 6.37. The van der Waals surface area contributed by atoms with E-state index >= 15 is 0 Å². The lowest BCUT2D eigenvalue weighted by molar-refractivity contribution is -0.130. The highest BCUT2D eigenvalue weighted by Gasteiger charge is 2.22. The van der Waals surface area contributed by atoms with Gasteiger partial charge in [0.15, 0.2) is 0 Å². The molecule has 0 radical (unpaired) electrons. The minimum absolute atomic E-state index is 0.0740. The maximum Gasteiger partial charge on any atom is 0.248 e. The number of halogens is 2. The highest BCUT2D eigenvalue weighted by Crippen LogP contribution is 2.25. The topological polar surface area (TPSA) is 78.4 Å². The molecule has 1 fully saturated rings. The molecule has 34 heavy (non-hydrogen) atoms. The number of amides is 2. The number of piperazine rings is 1. The summed E-state index contributed by atoms with van der Waals surface area (Å²) in [6, 6.07) is 14.2. The number of hydrogen-bond donors (Lipinski definition) is 1. The number of carbonyl (C=O) groups is 2. The number of nitrogens with zero attached hydrogens (tertiary/aromatic N) is 4. The Bertz CT molecular complexity index is 1160. The van der Waals surface area contributed by atoms with Crippen molar-refractivity contribution in [2.75, 3.05) is 36.4 Å². The average molecular weight is 496 g/mol. The third kappa shape index (κ3) is 6.12.